The summed E-state index contributed by atoms with van der Waals surface area (Å²) in [6.07, 6.45) is 5.40. The molecule has 26 heavy (non-hydrogen) atoms. The molecule has 0 aromatic heterocycles. The summed E-state index contributed by atoms with van der Waals surface area (Å²) in [5.41, 5.74) is 1.31. The van der Waals surface area contributed by atoms with Gasteiger partial charge in [0.05, 0.1) is 5.60 Å². The van der Waals surface area contributed by atoms with E-state index in [2.05, 4.69) is 37.8 Å². The molecule has 1 aromatic carbocycles. The van der Waals surface area contributed by atoms with Gasteiger partial charge in [-0.15, -0.1) is 0 Å². The lowest BCUT2D eigenvalue weighted by Gasteiger charge is -2.42. The molecular weight excluding hydrogens is 346 g/mol. The Hall–Kier alpha value is -1.06. The monoisotopic (exact) mass is 377 g/mol. The van der Waals surface area contributed by atoms with Crippen LogP contribution in [0.3, 0.4) is 0 Å². The Morgan fingerprint density at radius 3 is 2.46 bits per heavy atom. The third-order valence-corrected chi connectivity index (χ3v) is 6.62. The van der Waals surface area contributed by atoms with E-state index in [1.807, 2.05) is 12.1 Å². The number of halogens is 1. The van der Waals surface area contributed by atoms with Crippen molar-refractivity contribution in [1.82, 2.24) is 4.90 Å². The number of carbonyl (C=O) groups is 1. The predicted octanol–water partition coefficient (Wildman–Crippen LogP) is 5.20. The lowest BCUT2D eigenvalue weighted by molar-refractivity contribution is -0.138. The Bertz CT molecular complexity index is 638. The number of hydrogen-bond acceptors (Lipinski definition) is 2. The van der Waals surface area contributed by atoms with Crippen molar-refractivity contribution in [3.63, 3.8) is 0 Å². The van der Waals surface area contributed by atoms with Crippen molar-refractivity contribution in [2.24, 2.45) is 5.92 Å². The summed E-state index contributed by atoms with van der Waals surface area (Å²) in [7, 11) is 0. The molecule has 1 saturated carbocycles. The molecule has 0 N–H and O–H groups in total. The molecular formula is C22H32ClNO2. The van der Waals surface area contributed by atoms with Crippen molar-refractivity contribution in [2.45, 2.75) is 76.9 Å². The Balaban J connectivity index is 1.74. The maximum atomic E-state index is 12.4. The molecule has 0 bridgehead atoms. The van der Waals surface area contributed by atoms with Crippen molar-refractivity contribution in [3.05, 3.63) is 34.9 Å². The molecule has 3 rings (SSSR count). The Labute approximate surface area is 163 Å². The Morgan fingerprint density at radius 2 is 1.92 bits per heavy atom. The molecule has 1 saturated heterocycles. The van der Waals surface area contributed by atoms with Gasteiger partial charge in [0, 0.05) is 31.1 Å². The van der Waals surface area contributed by atoms with Crippen LogP contribution in [0, 0.1) is 5.92 Å². The van der Waals surface area contributed by atoms with Gasteiger partial charge in [0.2, 0.25) is 5.91 Å². The SMILES string of the molecule is CC(=O)N(CC[C@@](C)(c1ccc(Cl)cc1)C1CC1)[C@H]1CCOC(C)(C)C1. The predicted molar refractivity (Wildman–Crippen MR) is 107 cm³/mol. The summed E-state index contributed by atoms with van der Waals surface area (Å²) in [5, 5.41) is 0.779. The van der Waals surface area contributed by atoms with Gasteiger partial charge in [0.15, 0.2) is 0 Å². The molecule has 1 heterocycles. The molecule has 3 nitrogen and oxygen atoms in total. The number of hydrogen-bond donors (Lipinski definition) is 0. The van der Waals surface area contributed by atoms with Crippen LogP contribution in [0.1, 0.15) is 65.4 Å². The van der Waals surface area contributed by atoms with E-state index < -0.39 is 0 Å². The lowest BCUT2D eigenvalue weighted by Crippen LogP contribution is -2.49. The first-order chi connectivity index (χ1) is 12.2. The summed E-state index contributed by atoms with van der Waals surface area (Å²) in [6.45, 7) is 9.86. The minimum Gasteiger partial charge on any atom is -0.375 e. The van der Waals surface area contributed by atoms with Crippen molar-refractivity contribution in [2.75, 3.05) is 13.2 Å². The molecule has 0 spiro atoms. The maximum Gasteiger partial charge on any atom is 0.219 e. The standard InChI is InChI=1S/C22H32ClNO2/c1-16(25)24(20-11-14-26-21(2,3)15-20)13-12-22(4,17-5-6-17)18-7-9-19(23)10-8-18/h7-10,17,20H,5-6,11-15H2,1-4H3/t20-,22+/m0/s1. The normalized spacial score (nSPS) is 24.7. The van der Waals surface area contributed by atoms with Crippen molar-refractivity contribution in [3.8, 4) is 0 Å². The summed E-state index contributed by atoms with van der Waals surface area (Å²) in [4.78, 5) is 14.5. The number of ether oxygens (including phenoxy) is 1. The third kappa shape index (κ3) is 4.43. The van der Waals surface area contributed by atoms with E-state index in [9.17, 15) is 4.79 Å². The van der Waals surface area contributed by atoms with Gasteiger partial charge in [0.25, 0.3) is 0 Å². The van der Waals surface area contributed by atoms with E-state index in [0.29, 0.717) is 5.92 Å². The molecule has 1 aliphatic carbocycles. The highest BCUT2D eigenvalue weighted by atomic mass is 35.5. The zero-order valence-corrected chi connectivity index (χ0v) is 17.3. The average molecular weight is 378 g/mol. The van der Waals surface area contributed by atoms with Gasteiger partial charge in [-0.1, -0.05) is 30.7 Å². The van der Waals surface area contributed by atoms with Crippen LogP contribution in [0.2, 0.25) is 5.02 Å². The van der Waals surface area contributed by atoms with Crippen LogP contribution in [-0.2, 0) is 14.9 Å². The van der Waals surface area contributed by atoms with Crippen molar-refractivity contribution < 1.29 is 9.53 Å². The highest BCUT2D eigenvalue weighted by molar-refractivity contribution is 6.30. The van der Waals surface area contributed by atoms with Crippen LogP contribution in [0.4, 0.5) is 0 Å². The van der Waals surface area contributed by atoms with Crippen LogP contribution in [0.15, 0.2) is 24.3 Å². The van der Waals surface area contributed by atoms with Gasteiger partial charge in [-0.05, 0) is 75.0 Å². The lowest BCUT2D eigenvalue weighted by atomic mass is 9.75. The summed E-state index contributed by atoms with van der Waals surface area (Å²) in [5.74, 6) is 0.894. The molecule has 2 atom stereocenters. The minimum absolute atomic E-state index is 0.110. The molecule has 1 aromatic rings. The number of carbonyl (C=O) groups excluding carboxylic acids is 1. The summed E-state index contributed by atoms with van der Waals surface area (Å²) in [6, 6.07) is 8.58. The molecule has 2 aliphatic rings. The van der Waals surface area contributed by atoms with Crippen LogP contribution in [-0.4, -0.2) is 35.6 Å². The first kappa shape index (κ1) is 19.7. The first-order valence-corrected chi connectivity index (χ1v) is 10.3. The molecule has 0 unspecified atom stereocenters. The molecule has 144 valence electrons. The van der Waals surface area contributed by atoms with E-state index in [4.69, 9.17) is 16.3 Å². The van der Waals surface area contributed by atoms with E-state index in [1.54, 1.807) is 6.92 Å². The zero-order valence-electron chi connectivity index (χ0n) is 16.6. The Kier molecular flexibility index (Phi) is 5.69. The van der Waals surface area contributed by atoms with Gasteiger partial charge in [-0.2, -0.15) is 0 Å². The fourth-order valence-corrected chi connectivity index (χ4v) is 4.68. The van der Waals surface area contributed by atoms with Crippen molar-refractivity contribution >= 4 is 17.5 Å². The van der Waals surface area contributed by atoms with Crippen molar-refractivity contribution in [1.29, 1.82) is 0 Å². The highest BCUT2D eigenvalue weighted by Gasteiger charge is 2.43. The van der Waals surface area contributed by atoms with Gasteiger partial charge in [0.1, 0.15) is 0 Å². The van der Waals surface area contributed by atoms with Gasteiger partial charge in [-0.25, -0.2) is 0 Å². The largest absolute Gasteiger partial charge is 0.375 e. The number of amides is 1. The summed E-state index contributed by atoms with van der Waals surface area (Å²) < 4.78 is 5.85. The third-order valence-electron chi connectivity index (χ3n) is 6.37. The number of benzene rings is 1. The van der Waals surface area contributed by atoms with Gasteiger partial charge < -0.3 is 9.64 Å². The minimum atomic E-state index is -0.146. The fraction of sp³-hybridized carbons (Fsp3) is 0.682. The fourth-order valence-electron chi connectivity index (χ4n) is 4.55. The molecule has 1 amide bonds. The quantitative estimate of drug-likeness (QED) is 0.681. The molecule has 2 fully saturated rings. The van der Waals surface area contributed by atoms with E-state index in [1.165, 1.54) is 18.4 Å². The second-order valence-electron chi connectivity index (χ2n) is 8.92. The van der Waals surface area contributed by atoms with Crippen LogP contribution < -0.4 is 0 Å². The van der Waals surface area contributed by atoms with E-state index >= 15 is 0 Å². The highest BCUT2D eigenvalue weighted by Crippen LogP contribution is 2.49. The van der Waals surface area contributed by atoms with Gasteiger partial charge >= 0.3 is 0 Å². The topological polar surface area (TPSA) is 29.5 Å². The number of rotatable bonds is 6. The van der Waals surface area contributed by atoms with E-state index in [0.717, 1.165) is 37.4 Å². The summed E-state index contributed by atoms with van der Waals surface area (Å²) >= 11 is 6.09. The molecule has 4 heteroatoms. The van der Waals surface area contributed by atoms with E-state index in [-0.39, 0.29) is 23.0 Å². The van der Waals surface area contributed by atoms with Crippen LogP contribution in [0.25, 0.3) is 0 Å². The maximum absolute atomic E-state index is 12.4. The Morgan fingerprint density at radius 1 is 1.27 bits per heavy atom. The number of nitrogens with zero attached hydrogens (tertiary/aromatic N) is 1. The second-order valence-corrected chi connectivity index (χ2v) is 9.35. The first-order valence-electron chi connectivity index (χ1n) is 9.88. The van der Waals surface area contributed by atoms with Crippen LogP contribution >= 0.6 is 11.6 Å². The zero-order chi connectivity index (χ0) is 18.9. The second kappa shape index (κ2) is 7.52. The molecule has 0 radical (unpaired) electrons. The molecule has 1 aliphatic heterocycles. The smallest absolute Gasteiger partial charge is 0.219 e. The average Bonchev–Trinajstić information content (AvgIpc) is 3.39. The van der Waals surface area contributed by atoms with Crippen LogP contribution in [0.5, 0.6) is 0 Å². The van der Waals surface area contributed by atoms with Gasteiger partial charge in [-0.3, -0.25) is 4.79 Å².